The van der Waals surface area contributed by atoms with Gasteiger partial charge in [-0.05, 0) is 29.8 Å². The number of aromatic carboxylic acids is 1. The number of ether oxygens (including phenoxy) is 3. The maximum Gasteiger partial charge on any atom is 0.338 e. The molecular formula is C16H17NO5S. The first kappa shape index (κ1) is 17.0. The summed E-state index contributed by atoms with van der Waals surface area (Å²) < 4.78 is 15.9. The van der Waals surface area contributed by atoms with Crippen LogP contribution in [0.2, 0.25) is 0 Å². The van der Waals surface area contributed by atoms with Crippen molar-refractivity contribution >= 4 is 17.7 Å². The third kappa shape index (κ3) is 3.87. The summed E-state index contributed by atoms with van der Waals surface area (Å²) in [5, 5.41) is 9.65. The van der Waals surface area contributed by atoms with E-state index in [-0.39, 0.29) is 5.56 Å². The molecule has 0 spiro atoms. The number of rotatable bonds is 7. The molecule has 0 atom stereocenters. The van der Waals surface area contributed by atoms with E-state index in [4.69, 9.17) is 14.2 Å². The van der Waals surface area contributed by atoms with Crippen LogP contribution in [0.1, 0.15) is 15.9 Å². The summed E-state index contributed by atoms with van der Waals surface area (Å²) in [7, 11) is 4.65. The van der Waals surface area contributed by atoms with Crippen LogP contribution in [0.5, 0.6) is 17.2 Å². The van der Waals surface area contributed by atoms with E-state index in [2.05, 4.69) is 4.98 Å². The van der Waals surface area contributed by atoms with Gasteiger partial charge in [0.2, 0.25) is 5.75 Å². The average molecular weight is 335 g/mol. The van der Waals surface area contributed by atoms with Crippen LogP contribution in [0.3, 0.4) is 0 Å². The molecular weight excluding hydrogens is 318 g/mol. The van der Waals surface area contributed by atoms with Gasteiger partial charge in [0.1, 0.15) is 5.03 Å². The van der Waals surface area contributed by atoms with Crippen molar-refractivity contribution in [1.82, 2.24) is 4.98 Å². The highest BCUT2D eigenvalue weighted by molar-refractivity contribution is 7.98. The second-order valence-corrected chi connectivity index (χ2v) is 5.45. The van der Waals surface area contributed by atoms with Crippen LogP contribution >= 0.6 is 11.8 Å². The summed E-state index contributed by atoms with van der Waals surface area (Å²) in [4.78, 5) is 15.3. The molecule has 6 nitrogen and oxygen atoms in total. The van der Waals surface area contributed by atoms with Gasteiger partial charge in [0, 0.05) is 11.9 Å². The predicted molar refractivity (Wildman–Crippen MR) is 86.9 cm³/mol. The molecule has 1 aromatic heterocycles. The SMILES string of the molecule is COc1cc(CSc2ncccc2C(=O)O)cc(OC)c1OC. The van der Waals surface area contributed by atoms with Gasteiger partial charge in [-0.2, -0.15) is 0 Å². The minimum atomic E-state index is -0.995. The second-order valence-electron chi connectivity index (χ2n) is 4.48. The Bertz CT molecular complexity index is 680. The van der Waals surface area contributed by atoms with Gasteiger partial charge >= 0.3 is 5.97 Å². The predicted octanol–water partition coefficient (Wildman–Crippen LogP) is 3.10. The fourth-order valence-corrected chi connectivity index (χ4v) is 2.96. The lowest BCUT2D eigenvalue weighted by Crippen LogP contribution is -2.00. The lowest BCUT2D eigenvalue weighted by atomic mass is 10.2. The third-order valence-electron chi connectivity index (χ3n) is 3.10. The van der Waals surface area contributed by atoms with Crippen molar-refractivity contribution in [1.29, 1.82) is 0 Å². The van der Waals surface area contributed by atoms with Crippen molar-refractivity contribution in [3.8, 4) is 17.2 Å². The smallest absolute Gasteiger partial charge is 0.338 e. The maximum absolute atomic E-state index is 11.2. The highest BCUT2D eigenvalue weighted by Gasteiger charge is 2.15. The van der Waals surface area contributed by atoms with Crippen molar-refractivity contribution in [3.05, 3.63) is 41.6 Å². The topological polar surface area (TPSA) is 77.9 Å². The number of carboxylic acids is 1. The number of aromatic nitrogens is 1. The first-order valence-electron chi connectivity index (χ1n) is 6.70. The summed E-state index contributed by atoms with van der Waals surface area (Å²) in [5.74, 6) is 1.16. The molecule has 1 N–H and O–H groups in total. The van der Waals surface area contributed by atoms with E-state index in [0.717, 1.165) is 5.56 Å². The van der Waals surface area contributed by atoms with E-state index in [1.165, 1.54) is 17.8 Å². The van der Waals surface area contributed by atoms with Gasteiger partial charge in [-0.1, -0.05) is 0 Å². The van der Waals surface area contributed by atoms with Gasteiger partial charge in [0.05, 0.1) is 26.9 Å². The molecule has 0 aliphatic carbocycles. The van der Waals surface area contributed by atoms with Crippen molar-refractivity contribution in [2.24, 2.45) is 0 Å². The minimum Gasteiger partial charge on any atom is -0.493 e. The Morgan fingerprint density at radius 2 is 1.83 bits per heavy atom. The van der Waals surface area contributed by atoms with Crippen molar-refractivity contribution < 1.29 is 24.1 Å². The molecule has 23 heavy (non-hydrogen) atoms. The summed E-state index contributed by atoms with van der Waals surface area (Å²) in [6.45, 7) is 0. The average Bonchev–Trinajstić information content (AvgIpc) is 2.58. The number of hydrogen-bond donors (Lipinski definition) is 1. The van der Waals surface area contributed by atoms with Crippen LogP contribution in [0.15, 0.2) is 35.5 Å². The van der Waals surface area contributed by atoms with Gasteiger partial charge in [0.25, 0.3) is 0 Å². The summed E-state index contributed by atoms with van der Waals surface area (Å²) >= 11 is 1.34. The van der Waals surface area contributed by atoms with Gasteiger partial charge in [0.15, 0.2) is 11.5 Å². The summed E-state index contributed by atoms with van der Waals surface area (Å²) in [6, 6.07) is 6.80. The van der Waals surface area contributed by atoms with Gasteiger partial charge in [-0.25, -0.2) is 9.78 Å². The molecule has 0 saturated carbocycles. The van der Waals surface area contributed by atoms with Gasteiger partial charge < -0.3 is 19.3 Å². The molecule has 2 rings (SSSR count). The fourth-order valence-electron chi connectivity index (χ4n) is 2.04. The van der Waals surface area contributed by atoms with Crippen LogP contribution in [-0.2, 0) is 5.75 Å². The lowest BCUT2D eigenvalue weighted by Gasteiger charge is -2.14. The second kappa shape index (κ2) is 7.73. The first-order valence-corrected chi connectivity index (χ1v) is 7.69. The molecule has 1 aromatic carbocycles. The maximum atomic E-state index is 11.2. The molecule has 1 heterocycles. The molecule has 0 aliphatic rings. The van der Waals surface area contributed by atoms with Crippen molar-refractivity contribution in [2.75, 3.05) is 21.3 Å². The molecule has 0 amide bonds. The molecule has 0 bridgehead atoms. The Labute approximate surface area is 138 Å². The Hall–Kier alpha value is -2.41. The molecule has 0 saturated heterocycles. The van der Waals surface area contributed by atoms with Gasteiger partial charge in [-0.15, -0.1) is 11.8 Å². The van der Waals surface area contributed by atoms with E-state index in [1.807, 2.05) is 12.1 Å². The monoisotopic (exact) mass is 335 g/mol. The Balaban J connectivity index is 2.26. The zero-order chi connectivity index (χ0) is 16.8. The Morgan fingerprint density at radius 3 is 2.35 bits per heavy atom. The number of hydrogen-bond acceptors (Lipinski definition) is 6. The Kier molecular flexibility index (Phi) is 5.70. The quantitative estimate of drug-likeness (QED) is 0.779. The first-order chi connectivity index (χ1) is 11.1. The van der Waals surface area contributed by atoms with Crippen LogP contribution in [0, 0.1) is 0 Å². The molecule has 0 unspecified atom stereocenters. The van der Waals surface area contributed by atoms with E-state index in [9.17, 15) is 9.90 Å². The number of pyridine rings is 1. The zero-order valence-corrected chi connectivity index (χ0v) is 13.8. The van der Waals surface area contributed by atoms with E-state index in [1.54, 1.807) is 33.6 Å². The molecule has 2 aromatic rings. The molecule has 0 aliphatic heterocycles. The van der Waals surface area contributed by atoms with Gasteiger partial charge in [-0.3, -0.25) is 0 Å². The fraction of sp³-hybridized carbons (Fsp3) is 0.250. The molecule has 7 heteroatoms. The number of benzene rings is 1. The van der Waals surface area contributed by atoms with Crippen molar-refractivity contribution in [3.63, 3.8) is 0 Å². The summed E-state index contributed by atoms with van der Waals surface area (Å²) in [5.41, 5.74) is 1.09. The normalized spacial score (nSPS) is 10.2. The standard InChI is InChI=1S/C16H17NO5S/c1-20-12-7-10(8-13(21-2)14(12)22-3)9-23-15-11(16(18)19)5-4-6-17-15/h4-8H,9H2,1-3H3,(H,18,19). The molecule has 0 radical (unpaired) electrons. The highest BCUT2D eigenvalue weighted by Crippen LogP contribution is 2.39. The van der Waals surface area contributed by atoms with E-state index >= 15 is 0 Å². The van der Waals surface area contributed by atoms with Crippen LogP contribution in [0.25, 0.3) is 0 Å². The molecule has 0 fully saturated rings. The van der Waals surface area contributed by atoms with E-state index < -0.39 is 5.97 Å². The number of nitrogens with zero attached hydrogens (tertiary/aromatic N) is 1. The zero-order valence-electron chi connectivity index (χ0n) is 13.0. The third-order valence-corrected chi connectivity index (χ3v) is 4.18. The van der Waals surface area contributed by atoms with Crippen LogP contribution in [0.4, 0.5) is 0 Å². The summed E-state index contributed by atoms with van der Waals surface area (Å²) in [6.07, 6.45) is 1.57. The highest BCUT2D eigenvalue weighted by atomic mass is 32.2. The molecule has 122 valence electrons. The van der Waals surface area contributed by atoms with Crippen LogP contribution < -0.4 is 14.2 Å². The number of carbonyl (C=O) groups is 1. The lowest BCUT2D eigenvalue weighted by molar-refractivity contribution is 0.0692. The number of carboxylic acid groups (broad SMARTS) is 1. The van der Waals surface area contributed by atoms with E-state index in [0.29, 0.717) is 28.0 Å². The van der Waals surface area contributed by atoms with Crippen molar-refractivity contribution in [2.45, 2.75) is 10.8 Å². The van der Waals surface area contributed by atoms with Crippen LogP contribution in [-0.4, -0.2) is 37.4 Å². The number of methoxy groups -OCH3 is 3. The Morgan fingerprint density at radius 1 is 1.17 bits per heavy atom. The minimum absolute atomic E-state index is 0.185. The number of thioether (sulfide) groups is 1. The largest absolute Gasteiger partial charge is 0.493 e.